The molecular weight excluding hydrogens is 243 g/mol. The molecule has 0 spiro atoms. The van der Waals surface area contributed by atoms with Gasteiger partial charge in [0.1, 0.15) is 12.4 Å². The zero-order chi connectivity index (χ0) is 13.8. The lowest BCUT2D eigenvalue weighted by Gasteiger charge is -2.26. The first-order valence-electron chi connectivity index (χ1n) is 6.57. The van der Waals surface area contributed by atoms with E-state index in [0.717, 1.165) is 31.2 Å². The van der Waals surface area contributed by atoms with Crippen molar-refractivity contribution < 1.29 is 9.18 Å². The van der Waals surface area contributed by atoms with Crippen molar-refractivity contribution in [1.29, 1.82) is 5.26 Å². The number of halogens is 1. The molecular formula is C15H17FN2O. The number of hydrogen-bond donors (Lipinski definition) is 0. The maximum absolute atomic E-state index is 13.9. The van der Waals surface area contributed by atoms with Crippen LogP contribution in [0.15, 0.2) is 18.2 Å². The highest BCUT2D eigenvalue weighted by Crippen LogP contribution is 2.25. The van der Waals surface area contributed by atoms with E-state index >= 15 is 0 Å². The molecule has 3 nitrogen and oxygen atoms in total. The minimum absolute atomic E-state index is 0.0246. The van der Waals surface area contributed by atoms with Gasteiger partial charge in [-0.2, -0.15) is 5.26 Å². The smallest absolute Gasteiger partial charge is 0.257 e. The molecule has 19 heavy (non-hydrogen) atoms. The van der Waals surface area contributed by atoms with Gasteiger partial charge in [0.15, 0.2) is 0 Å². The SMILES string of the molecule is Cc1ccc(C(=O)N(CC#N)C2CCCC2)c(F)c1. The summed E-state index contributed by atoms with van der Waals surface area (Å²) in [7, 11) is 0. The van der Waals surface area contributed by atoms with Crippen LogP contribution in [-0.4, -0.2) is 23.4 Å². The molecule has 1 saturated carbocycles. The Labute approximate surface area is 112 Å². The normalized spacial score (nSPS) is 15.2. The van der Waals surface area contributed by atoms with E-state index in [2.05, 4.69) is 0 Å². The van der Waals surface area contributed by atoms with Gasteiger partial charge in [0.2, 0.25) is 0 Å². The van der Waals surface area contributed by atoms with Crippen LogP contribution in [0.4, 0.5) is 4.39 Å². The summed E-state index contributed by atoms with van der Waals surface area (Å²) in [6, 6.07) is 6.66. The highest BCUT2D eigenvalue weighted by molar-refractivity contribution is 5.95. The zero-order valence-electron chi connectivity index (χ0n) is 11.0. The number of benzene rings is 1. The van der Waals surface area contributed by atoms with Crippen molar-refractivity contribution in [2.75, 3.05) is 6.54 Å². The van der Waals surface area contributed by atoms with Crippen LogP contribution in [0, 0.1) is 24.1 Å². The van der Waals surface area contributed by atoms with Crippen LogP contribution < -0.4 is 0 Å². The summed E-state index contributed by atoms with van der Waals surface area (Å²) in [5, 5.41) is 8.87. The van der Waals surface area contributed by atoms with Gasteiger partial charge in [0, 0.05) is 6.04 Å². The van der Waals surface area contributed by atoms with E-state index in [4.69, 9.17) is 5.26 Å². The summed E-state index contributed by atoms with van der Waals surface area (Å²) < 4.78 is 13.9. The fourth-order valence-corrected chi connectivity index (χ4v) is 2.61. The molecule has 1 aliphatic carbocycles. The van der Waals surface area contributed by atoms with E-state index in [0.29, 0.717) is 0 Å². The number of carbonyl (C=O) groups is 1. The van der Waals surface area contributed by atoms with Crippen molar-refractivity contribution in [2.24, 2.45) is 0 Å². The molecule has 1 amide bonds. The zero-order valence-corrected chi connectivity index (χ0v) is 11.0. The van der Waals surface area contributed by atoms with Crippen molar-refractivity contribution in [3.63, 3.8) is 0 Å². The van der Waals surface area contributed by atoms with Crippen LogP contribution in [0.1, 0.15) is 41.6 Å². The van der Waals surface area contributed by atoms with Crippen LogP contribution in [-0.2, 0) is 0 Å². The predicted octanol–water partition coefficient (Wildman–Crippen LogP) is 3.04. The minimum atomic E-state index is -0.508. The van der Waals surface area contributed by atoms with Gasteiger partial charge in [-0.25, -0.2) is 4.39 Å². The first kappa shape index (κ1) is 13.5. The number of carbonyl (C=O) groups excluding carboxylic acids is 1. The first-order valence-corrected chi connectivity index (χ1v) is 6.57. The second-order valence-corrected chi connectivity index (χ2v) is 5.01. The van der Waals surface area contributed by atoms with Crippen LogP contribution >= 0.6 is 0 Å². The molecule has 1 aliphatic rings. The number of hydrogen-bond acceptors (Lipinski definition) is 2. The fourth-order valence-electron chi connectivity index (χ4n) is 2.61. The molecule has 1 aromatic rings. The molecule has 1 aromatic carbocycles. The lowest BCUT2D eigenvalue weighted by Crippen LogP contribution is -2.39. The molecule has 4 heteroatoms. The van der Waals surface area contributed by atoms with Gasteiger partial charge in [0.25, 0.3) is 5.91 Å². The minimum Gasteiger partial charge on any atom is -0.322 e. The van der Waals surface area contributed by atoms with Crippen molar-refractivity contribution in [1.82, 2.24) is 4.90 Å². The molecule has 0 bridgehead atoms. The standard InChI is InChI=1S/C15H17FN2O/c1-11-6-7-13(14(16)10-11)15(19)18(9-8-17)12-4-2-3-5-12/h6-7,10,12H,2-5,9H2,1H3. The summed E-state index contributed by atoms with van der Waals surface area (Å²) in [6.45, 7) is 1.80. The molecule has 0 heterocycles. The molecule has 1 fully saturated rings. The number of amides is 1. The van der Waals surface area contributed by atoms with Gasteiger partial charge in [-0.15, -0.1) is 0 Å². The van der Waals surface area contributed by atoms with Gasteiger partial charge in [-0.3, -0.25) is 4.79 Å². The van der Waals surface area contributed by atoms with E-state index in [1.165, 1.54) is 17.0 Å². The van der Waals surface area contributed by atoms with Crippen molar-refractivity contribution in [3.05, 3.63) is 35.1 Å². The highest BCUT2D eigenvalue weighted by Gasteiger charge is 2.28. The third kappa shape index (κ3) is 2.93. The Bertz CT molecular complexity index is 515. The van der Waals surface area contributed by atoms with E-state index in [-0.39, 0.29) is 24.1 Å². The maximum Gasteiger partial charge on any atom is 0.257 e. The molecule has 0 saturated heterocycles. The summed E-state index contributed by atoms with van der Waals surface area (Å²) in [6.07, 6.45) is 3.94. The Balaban J connectivity index is 2.25. The van der Waals surface area contributed by atoms with E-state index in [1.807, 2.05) is 6.07 Å². The third-order valence-electron chi connectivity index (χ3n) is 3.62. The Morgan fingerprint density at radius 1 is 1.47 bits per heavy atom. The van der Waals surface area contributed by atoms with Crippen molar-refractivity contribution >= 4 is 5.91 Å². The molecule has 0 atom stereocenters. The van der Waals surface area contributed by atoms with Crippen LogP contribution in [0.3, 0.4) is 0 Å². The fraction of sp³-hybridized carbons (Fsp3) is 0.467. The van der Waals surface area contributed by atoms with E-state index < -0.39 is 5.82 Å². The van der Waals surface area contributed by atoms with Gasteiger partial charge in [-0.1, -0.05) is 18.9 Å². The van der Waals surface area contributed by atoms with Gasteiger partial charge in [0.05, 0.1) is 11.6 Å². The molecule has 0 radical (unpaired) electrons. The van der Waals surface area contributed by atoms with Crippen molar-refractivity contribution in [3.8, 4) is 6.07 Å². The topological polar surface area (TPSA) is 44.1 Å². The predicted molar refractivity (Wildman–Crippen MR) is 70.0 cm³/mol. The second-order valence-electron chi connectivity index (χ2n) is 5.01. The second kappa shape index (κ2) is 5.83. The summed E-state index contributed by atoms with van der Waals surface area (Å²) in [4.78, 5) is 13.9. The first-order chi connectivity index (χ1) is 9.13. The quantitative estimate of drug-likeness (QED) is 0.784. The van der Waals surface area contributed by atoms with Gasteiger partial charge >= 0.3 is 0 Å². The van der Waals surface area contributed by atoms with Crippen LogP contribution in [0.5, 0.6) is 0 Å². The largest absolute Gasteiger partial charge is 0.322 e. The number of aryl methyl sites for hydroxylation is 1. The Morgan fingerprint density at radius 3 is 2.74 bits per heavy atom. The maximum atomic E-state index is 13.9. The Morgan fingerprint density at radius 2 is 2.16 bits per heavy atom. The van der Waals surface area contributed by atoms with Crippen LogP contribution in [0.2, 0.25) is 0 Å². The van der Waals surface area contributed by atoms with Gasteiger partial charge < -0.3 is 4.90 Å². The number of nitrogens with zero attached hydrogens (tertiary/aromatic N) is 2. The molecule has 100 valence electrons. The van der Waals surface area contributed by atoms with E-state index in [1.54, 1.807) is 13.0 Å². The molecule has 2 rings (SSSR count). The summed E-state index contributed by atoms with van der Waals surface area (Å²) >= 11 is 0. The average molecular weight is 260 g/mol. The Kier molecular flexibility index (Phi) is 4.16. The lowest BCUT2D eigenvalue weighted by molar-refractivity contribution is 0.0704. The van der Waals surface area contributed by atoms with Crippen LogP contribution in [0.25, 0.3) is 0 Å². The molecule has 0 aliphatic heterocycles. The third-order valence-corrected chi connectivity index (χ3v) is 3.62. The Hall–Kier alpha value is -1.89. The number of rotatable bonds is 3. The molecule has 0 unspecified atom stereocenters. The van der Waals surface area contributed by atoms with Crippen molar-refractivity contribution in [2.45, 2.75) is 38.6 Å². The molecule has 0 N–H and O–H groups in total. The summed E-state index contributed by atoms with van der Waals surface area (Å²) in [5.41, 5.74) is 0.842. The van der Waals surface area contributed by atoms with Gasteiger partial charge in [-0.05, 0) is 37.5 Å². The molecule has 0 aromatic heterocycles. The summed E-state index contributed by atoms with van der Waals surface area (Å²) in [5.74, 6) is -0.878. The van der Waals surface area contributed by atoms with E-state index in [9.17, 15) is 9.18 Å². The highest BCUT2D eigenvalue weighted by atomic mass is 19.1. The number of nitriles is 1. The monoisotopic (exact) mass is 260 g/mol. The average Bonchev–Trinajstić information content (AvgIpc) is 2.89. The lowest BCUT2D eigenvalue weighted by atomic mass is 10.1.